The summed E-state index contributed by atoms with van der Waals surface area (Å²) in [4.78, 5) is 15.1. The third-order valence-corrected chi connectivity index (χ3v) is 4.03. The Balaban J connectivity index is 1.57. The number of alkyl halides is 2. The molecule has 0 aliphatic rings. The van der Waals surface area contributed by atoms with E-state index in [9.17, 15) is 13.6 Å². The smallest absolute Gasteiger partial charge is 0.387 e. The van der Waals surface area contributed by atoms with Gasteiger partial charge in [0, 0.05) is 19.2 Å². The topological polar surface area (TPSA) is 73.1 Å². The fourth-order valence-electron chi connectivity index (χ4n) is 2.51. The molecule has 0 radical (unpaired) electrons. The SMILES string of the molecule is Cc1ccc(-c2nnn(CC(=O)N(C)Cc3ccc(OC(F)F)cc3)n2)cc1. The van der Waals surface area contributed by atoms with Crippen LogP contribution in [0.4, 0.5) is 8.78 Å². The summed E-state index contributed by atoms with van der Waals surface area (Å²) in [6.45, 7) is -0.618. The van der Waals surface area contributed by atoms with Crippen molar-refractivity contribution in [2.75, 3.05) is 7.05 Å². The summed E-state index contributed by atoms with van der Waals surface area (Å²) in [5, 5.41) is 12.1. The molecule has 9 heteroatoms. The summed E-state index contributed by atoms with van der Waals surface area (Å²) in [5.41, 5.74) is 2.73. The van der Waals surface area contributed by atoms with Gasteiger partial charge in [0.2, 0.25) is 11.7 Å². The van der Waals surface area contributed by atoms with Gasteiger partial charge < -0.3 is 9.64 Å². The van der Waals surface area contributed by atoms with Gasteiger partial charge in [-0.05, 0) is 29.8 Å². The summed E-state index contributed by atoms with van der Waals surface area (Å²) >= 11 is 0. The number of ether oxygens (including phenoxy) is 1. The fourth-order valence-corrected chi connectivity index (χ4v) is 2.51. The summed E-state index contributed by atoms with van der Waals surface area (Å²) in [7, 11) is 1.64. The Bertz CT molecular complexity index is 926. The second-order valence-electron chi connectivity index (χ2n) is 6.28. The molecule has 0 atom stereocenters. The number of aromatic nitrogens is 4. The highest BCUT2D eigenvalue weighted by Gasteiger charge is 2.14. The van der Waals surface area contributed by atoms with Gasteiger partial charge >= 0.3 is 6.61 Å². The number of hydrogen-bond acceptors (Lipinski definition) is 5. The maximum atomic E-state index is 12.4. The molecule has 146 valence electrons. The average molecular weight is 387 g/mol. The summed E-state index contributed by atoms with van der Waals surface area (Å²) in [6.07, 6.45) is 0. The molecule has 3 aromatic rings. The van der Waals surface area contributed by atoms with Gasteiger partial charge in [-0.1, -0.05) is 42.0 Å². The van der Waals surface area contributed by atoms with Gasteiger partial charge in [0.1, 0.15) is 12.3 Å². The number of carbonyl (C=O) groups excluding carboxylic acids is 1. The molecule has 1 amide bonds. The van der Waals surface area contributed by atoms with E-state index in [-0.39, 0.29) is 18.2 Å². The molecule has 0 saturated carbocycles. The zero-order chi connectivity index (χ0) is 20.1. The molecule has 7 nitrogen and oxygen atoms in total. The molecule has 0 spiro atoms. The van der Waals surface area contributed by atoms with E-state index < -0.39 is 6.61 Å². The third-order valence-electron chi connectivity index (χ3n) is 4.03. The molecular weight excluding hydrogens is 368 g/mol. The molecule has 28 heavy (non-hydrogen) atoms. The number of amides is 1. The Kier molecular flexibility index (Phi) is 5.93. The molecule has 1 aromatic heterocycles. The zero-order valence-corrected chi connectivity index (χ0v) is 15.4. The lowest BCUT2D eigenvalue weighted by atomic mass is 10.1. The van der Waals surface area contributed by atoms with E-state index in [4.69, 9.17) is 0 Å². The lowest BCUT2D eigenvalue weighted by Gasteiger charge is -2.17. The van der Waals surface area contributed by atoms with Gasteiger partial charge in [-0.15, -0.1) is 10.2 Å². The number of hydrogen-bond donors (Lipinski definition) is 0. The minimum absolute atomic E-state index is 0.0536. The van der Waals surface area contributed by atoms with E-state index >= 15 is 0 Å². The number of halogens is 2. The Morgan fingerprint density at radius 2 is 1.82 bits per heavy atom. The van der Waals surface area contributed by atoms with Crippen LogP contribution in [0, 0.1) is 6.92 Å². The first-order chi connectivity index (χ1) is 13.4. The second kappa shape index (κ2) is 8.55. The zero-order valence-electron chi connectivity index (χ0n) is 15.4. The molecule has 0 fully saturated rings. The van der Waals surface area contributed by atoms with Gasteiger partial charge in [-0.3, -0.25) is 4.79 Å². The first kappa shape index (κ1) is 19.4. The Hall–Kier alpha value is -3.36. The second-order valence-corrected chi connectivity index (χ2v) is 6.28. The summed E-state index contributed by atoms with van der Waals surface area (Å²) in [6, 6.07) is 13.8. The number of rotatable bonds is 7. The first-order valence-electron chi connectivity index (χ1n) is 8.53. The summed E-state index contributed by atoms with van der Waals surface area (Å²) < 4.78 is 28.7. The number of benzene rings is 2. The molecule has 3 rings (SSSR count). The molecule has 2 aromatic carbocycles. The molecule has 1 heterocycles. The van der Waals surface area contributed by atoms with Crippen LogP contribution < -0.4 is 4.74 Å². The lowest BCUT2D eigenvalue weighted by Crippen LogP contribution is -2.30. The Labute approximate surface area is 160 Å². The van der Waals surface area contributed by atoms with Crippen LogP contribution >= 0.6 is 0 Å². The predicted molar refractivity (Wildman–Crippen MR) is 97.5 cm³/mol. The quantitative estimate of drug-likeness (QED) is 0.623. The molecule has 0 aliphatic heterocycles. The predicted octanol–water partition coefficient (Wildman–Crippen LogP) is 2.91. The first-order valence-corrected chi connectivity index (χ1v) is 8.53. The average Bonchev–Trinajstić information content (AvgIpc) is 3.12. The van der Waals surface area contributed by atoms with Crippen molar-refractivity contribution in [3.8, 4) is 17.1 Å². The van der Waals surface area contributed by atoms with Crippen molar-refractivity contribution in [3.05, 3.63) is 59.7 Å². The maximum absolute atomic E-state index is 12.4. The lowest BCUT2D eigenvalue weighted by molar-refractivity contribution is -0.131. The number of aryl methyl sites for hydroxylation is 1. The van der Waals surface area contributed by atoms with Crippen molar-refractivity contribution in [1.29, 1.82) is 0 Å². The standard InChI is InChI=1S/C19H19F2N5O2/c1-13-3-7-15(8-4-13)18-22-24-26(23-18)12-17(27)25(2)11-14-5-9-16(10-6-14)28-19(20)21/h3-10,19H,11-12H2,1-2H3. The van der Waals surface area contributed by atoms with Crippen LogP contribution in [-0.2, 0) is 17.9 Å². The highest BCUT2D eigenvalue weighted by Crippen LogP contribution is 2.16. The maximum Gasteiger partial charge on any atom is 0.387 e. The molecule has 0 aliphatic carbocycles. The van der Waals surface area contributed by atoms with Gasteiger partial charge in [0.05, 0.1) is 0 Å². The largest absolute Gasteiger partial charge is 0.435 e. The van der Waals surface area contributed by atoms with Crippen molar-refractivity contribution in [2.24, 2.45) is 0 Å². The third kappa shape index (κ3) is 5.09. The van der Waals surface area contributed by atoms with Crippen molar-refractivity contribution in [1.82, 2.24) is 25.1 Å². The number of nitrogens with zero attached hydrogens (tertiary/aromatic N) is 5. The van der Waals surface area contributed by atoms with Gasteiger partial charge in [-0.2, -0.15) is 13.6 Å². The number of tetrazole rings is 1. The van der Waals surface area contributed by atoms with Crippen LogP contribution in [0.15, 0.2) is 48.5 Å². The van der Waals surface area contributed by atoms with E-state index in [0.717, 1.165) is 16.7 Å². The van der Waals surface area contributed by atoms with Crippen LogP contribution in [0.3, 0.4) is 0 Å². The monoisotopic (exact) mass is 387 g/mol. The van der Waals surface area contributed by atoms with Crippen LogP contribution in [0.2, 0.25) is 0 Å². The van der Waals surface area contributed by atoms with E-state index in [2.05, 4.69) is 20.1 Å². The molecular formula is C19H19F2N5O2. The van der Waals surface area contributed by atoms with Crippen LogP contribution in [0.25, 0.3) is 11.4 Å². The summed E-state index contributed by atoms with van der Waals surface area (Å²) in [5.74, 6) is 0.314. The van der Waals surface area contributed by atoms with Crippen molar-refractivity contribution >= 4 is 5.91 Å². The van der Waals surface area contributed by atoms with Crippen LogP contribution in [0.5, 0.6) is 5.75 Å². The van der Waals surface area contributed by atoms with Crippen LogP contribution in [-0.4, -0.2) is 44.7 Å². The Morgan fingerprint density at radius 1 is 1.14 bits per heavy atom. The van der Waals surface area contributed by atoms with Gasteiger partial charge in [0.25, 0.3) is 0 Å². The molecule has 0 bridgehead atoms. The van der Waals surface area contributed by atoms with Crippen LogP contribution in [0.1, 0.15) is 11.1 Å². The minimum atomic E-state index is -2.87. The molecule has 0 unspecified atom stereocenters. The van der Waals surface area contributed by atoms with Crippen molar-refractivity contribution in [2.45, 2.75) is 26.6 Å². The molecule has 0 N–H and O–H groups in total. The van der Waals surface area contributed by atoms with E-state index in [1.165, 1.54) is 21.8 Å². The van der Waals surface area contributed by atoms with E-state index in [0.29, 0.717) is 12.4 Å². The van der Waals surface area contributed by atoms with Gasteiger partial charge in [0.15, 0.2) is 0 Å². The van der Waals surface area contributed by atoms with E-state index in [1.807, 2.05) is 31.2 Å². The van der Waals surface area contributed by atoms with Crippen molar-refractivity contribution in [3.63, 3.8) is 0 Å². The van der Waals surface area contributed by atoms with Gasteiger partial charge in [-0.25, -0.2) is 0 Å². The number of likely N-dealkylation sites (N-methyl/N-ethyl adjacent to an activating group) is 1. The Morgan fingerprint density at radius 3 is 2.46 bits per heavy atom. The fraction of sp³-hybridized carbons (Fsp3) is 0.263. The normalized spacial score (nSPS) is 10.9. The van der Waals surface area contributed by atoms with Crippen molar-refractivity contribution < 1.29 is 18.3 Å². The highest BCUT2D eigenvalue weighted by atomic mass is 19.3. The minimum Gasteiger partial charge on any atom is -0.435 e. The highest BCUT2D eigenvalue weighted by molar-refractivity contribution is 5.75. The van der Waals surface area contributed by atoms with E-state index in [1.54, 1.807) is 19.2 Å². The number of carbonyl (C=O) groups is 1. The molecule has 0 saturated heterocycles.